The summed E-state index contributed by atoms with van der Waals surface area (Å²) in [5.74, 6) is 0.560. The van der Waals surface area contributed by atoms with Gasteiger partial charge in [0.25, 0.3) is 0 Å². The average Bonchev–Trinajstić information content (AvgIpc) is 2.81. The molecule has 0 amide bonds. The van der Waals surface area contributed by atoms with Crippen LogP contribution in [0.5, 0.6) is 0 Å². The van der Waals surface area contributed by atoms with Gasteiger partial charge in [0.05, 0.1) is 0 Å². The molecule has 0 saturated heterocycles. The van der Waals surface area contributed by atoms with Gasteiger partial charge in [-0.25, -0.2) is 5.57 Å². The molecule has 0 N–H and O–H groups in total. The summed E-state index contributed by atoms with van der Waals surface area (Å²) in [5, 5.41) is 0. The molecule has 0 bridgehead atoms. The van der Waals surface area contributed by atoms with Gasteiger partial charge in [-0.1, -0.05) is 87.4 Å². The summed E-state index contributed by atoms with van der Waals surface area (Å²) in [7, 11) is 0. The van der Waals surface area contributed by atoms with E-state index in [2.05, 4.69) is 94.4 Å². The van der Waals surface area contributed by atoms with Crippen molar-refractivity contribution in [2.75, 3.05) is 0 Å². The van der Waals surface area contributed by atoms with E-state index in [4.69, 9.17) is 0 Å². The zero-order valence-corrected chi connectivity index (χ0v) is 17.7. The molecule has 0 saturated carbocycles. The van der Waals surface area contributed by atoms with Crippen molar-refractivity contribution in [2.24, 2.45) is 5.92 Å². The zero-order chi connectivity index (χ0) is 16.7. The Balaban J connectivity index is 0.000000252. The Morgan fingerprint density at radius 3 is 1.42 bits per heavy atom. The van der Waals surface area contributed by atoms with E-state index in [0.29, 0.717) is 5.92 Å². The Morgan fingerprint density at radius 2 is 1.17 bits per heavy atom. The molecular formula is C23H27Zr-. The third-order valence-corrected chi connectivity index (χ3v) is 4.62. The van der Waals surface area contributed by atoms with Crippen LogP contribution < -0.4 is 0 Å². The van der Waals surface area contributed by atoms with Crippen LogP contribution in [0.1, 0.15) is 38.8 Å². The summed E-state index contributed by atoms with van der Waals surface area (Å²) >= 11 is 0. The van der Waals surface area contributed by atoms with Crippen molar-refractivity contribution in [3.05, 3.63) is 94.6 Å². The van der Waals surface area contributed by atoms with Crippen LogP contribution in [-0.2, 0) is 39.0 Å². The first-order valence-corrected chi connectivity index (χ1v) is 8.43. The van der Waals surface area contributed by atoms with E-state index >= 15 is 0 Å². The minimum absolute atomic E-state index is 0. The molecule has 2 aromatic rings. The maximum atomic E-state index is 3.36. The quantitative estimate of drug-likeness (QED) is 0.544. The molecule has 2 aromatic carbocycles. The molecule has 1 atom stereocenters. The van der Waals surface area contributed by atoms with E-state index in [-0.39, 0.29) is 26.2 Å². The molecule has 0 heterocycles. The van der Waals surface area contributed by atoms with Crippen LogP contribution in [0.25, 0.3) is 0 Å². The largest absolute Gasteiger partial charge is 0.266 e. The van der Waals surface area contributed by atoms with Gasteiger partial charge in [0.15, 0.2) is 0 Å². The summed E-state index contributed by atoms with van der Waals surface area (Å²) < 4.78 is 0. The Kier molecular flexibility index (Phi) is 9.23. The van der Waals surface area contributed by atoms with Crippen LogP contribution in [-0.4, -0.2) is 0 Å². The molecule has 1 aliphatic carbocycles. The molecule has 0 fully saturated rings. The molecule has 124 valence electrons. The fraction of sp³-hybridized carbons (Fsp3) is 0.304. The van der Waals surface area contributed by atoms with Crippen molar-refractivity contribution in [3.63, 3.8) is 0 Å². The first kappa shape index (κ1) is 20.8. The third kappa shape index (κ3) is 6.36. The summed E-state index contributed by atoms with van der Waals surface area (Å²) in [5.41, 5.74) is 7.07. The Bertz CT molecular complexity index is 626. The van der Waals surface area contributed by atoms with Crippen molar-refractivity contribution < 1.29 is 26.2 Å². The molecule has 24 heavy (non-hydrogen) atoms. The van der Waals surface area contributed by atoms with E-state index in [0.717, 1.165) is 12.8 Å². The Labute approximate surface area is 166 Å². The minimum Gasteiger partial charge on any atom is -0.266 e. The molecular weight excluding hydrogens is 367 g/mol. The molecule has 1 aliphatic rings. The Morgan fingerprint density at radius 1 is 0.750 bits per heavy atom. The van der Waals surface area contributed by atoms with Gasteiger partial charge in [-0.3, -0.25) is 6.08 Å². The first-order valence-electron chi connectivity index (χ1n) is 8.43. The maximum Gasteiger partial charge on any atom is 0 e. The van der Waals surface area contributed by atoms with Crippen LogP contribution >= 0.6 is 0 Å². The van der Waals surface area contributed by atoms with Crippen molar-refractivity contribution in [1.82, 2.24) is 0 Å². The predicted octanol–water partition coefficient (Wildman–Crippen LogP) is 6.19. The topological polar surface area (TPSA) is 0 Å². The van der Waals surface area contributed by atoms with Gasteiger partial charge in [0.1, 0.15) is 0 Å². The summed E-state index contributed by atoms with van der Waals surface area (Å²) in [4.78, 5) is 0. The van der Waals surface area contributed by atoms with E-state index in [1.165, 1.54) is 27.8 Å². The fourth-order valence-electron chi connectivity index (χ4n) is 2.74. The number of aryl methyl sites for hydroxylation is 2. The standard InChI is InChI=1S/C14H14.C9H13.Zr/c1-3-7-13(8-4-1)11-12-14-9-5-2-6-10-14;1-6-5-7(2)9(4)8(6)3;/h1-10H,11-12H2;6H,1-4H3;/q;-1;. The molecule has 3 rings (SSSR count). The van der Waals surface area contributed by atoms with Crippen LogP contribution in [0, 0.1) is 12.0 Å². The summed E-state index contributed by atoms with van der Waals surface area (Å²) in [6.45, 7) is 8.67. The van der Waals surface area contributed by atoms with Gasteiger partial charge in [-0.05, 0) is 24.0 Å². The molecule has 0 spiro atoms. The molecule has 0 aromatic heterocycles. The average molecular weight is 395 g/mol. The van der Waals surface area contributed by atoms with Gasteiger partial charge in [0, 0.05) is 26.2 Å². The summed E-state index contributed by atoms with van der Waals surface area (Å²) in [6, 6.07) is 21.2. The molecule has 0 radical (unpaired) electrons. The van der Waals surface area contributed by atoms with Gasteiger partial charge >= 0.3 is 0 Å². The zero-order valence-electron chi connectivity index (χ0n) is 15.3. The SMILES string of the molecule is CC1=[C-]C(C)C(C)=C1C.[Zr].c1ccc(CCc2ccccc2)cc1. The second-order valence-corrected chi connectivity index (χ2v) is 6.27. The van der Waals surface area contributed by atoms with Crippen LogP contribution in [0.3, 0.4) is 0 Å². The molecule has 0 aliphatic heterocycles. The van der Waals surface area contributed by atoms with Gasteiger partial charge in [0.2, 0.25) is 0 Å². The maximum absolute atomic E-state index is 3.36. The number of benzene rings is 2. The second kappa shape index (κ2) is 10.6. The normalized spacial score (nSPS) is 16.0. The van der Waals surface area contributed by atoms with Crippen LogP contribution in [0.15, 0.2) is 77.4 Å². The number of allylic oxidation sites excluding steroid dienone is 4. The van der Waals surface area contributed by atoms with Gasteiger partial charge < -0.3 is 0 Å². The van der Waals surface area contributed by atoms with Crippen LogP contribution in [0.4, 0.5) is 0 Å². The van der Waals surface area contributed by atoms with Crippen molar-refractivity contribution in [1.29, 1.82) is 0 Å². The van der Waals surface area contributed by atoms with E-state index in [1.807, 2.05) is 0 Å². The fourth-order valence-corrected chi connectivity index (χ4v) is 2.74. The number of hydrogen-bond acceptors (Lipinski definition) is 0. The summed E-state index contributed by atoms with van der Waals surface area (Å²) in [6.07, 6.45) is 5.62. The van der Waals surface area contributed by atoms with Crippen molar-refractivity contribution in [2.45, 2.75) is 40.5 Å². The second-order valence-electron chi connectivity index (χ2n) is 6.27. The van der Waals surface area contributed by atoms with Crippen molar-refractivity contribution in [3.8, 4) is 0 Å². The minimum atomic E-state index is 0. The molecule has 1 unspecified atom stereocenters. The molecule has 0 nitrogen and oxygen atoms in total. The molecule has 1 heteroatoms. The first-order chi connectivity index (χ1) is 11.1. The van der Waals surface area contributed by atoms with E-state index in [1.54, 1.807) is 0 Å². The van der Waals surface area contributed by atoms with E-state index < -0.39 is 0 Å². The predicted molar refractivity (Wildman–Crippen MR) is 100 cm³/mol. The number of rotatable bonds is 3. The monoisotopic (exact) mass is 393 g/mol. The van der Waals surface area contributed by atoms with Crippen molar-refractivity contribution >= 4 is 0 Å². The number of hydrogen-bond donors (Lipinski definition) is 0. The smallest absolute Gasteiger partial charge is 0 e. The van der Waals surface area contributed by atoms with Gasteiger partial charge in [-0.15, -0.1) is 6.92 Å². The third-order valence-electron chi connectivity index (χ3n) is 4.62. The van der Waals surface area contributed by atoms with Gasteiger partial charge in [-0.2, -0.15) is 11.1 Å². The Hall–Kier alpha value is -1.20. The van der Waals surface area contributed by atoms with Crippen LogP contribution in [0.2, 0.25) is 0 Å². The van der Waals surface area contributed by atoms with E-state index in [9.17, 15) is 0 Å².